The summed E-state index contributed by atoms with van der Waals surface area (Å²) < 4.78 is 0. The summed E-state index contributed by atoms with van der Waals surface area (Å²) in [6, 6.07) is 11.6. The maximum Gasteiger partial charge on any atom is 0.0470 e. The van der Waals surface area contributed by atoms with Crippen LogP contribution in [0.15, 0.2) is 43.0 Å². The summed E-state index contributed by atoms with van der Waals surface area (Å²) in [5.74, 6) is 0. The van der Waals surface area contributed by atoms with E-state index in [9.17, 15) is 0 Å². The fraction of sp³-hybridized carbons (Fsp3) is 0.467. The predicted molar refractivity (Wildman–Crippen MR) is 73.0 cm³/mol. The molecule has 0 aromatic heterocycles. The Balaban J connectivity index is 3.00. The van der Waals surface area contributed by atoms with Crippen LogP contribution >= 0.6 is 0 Å². The molecule has 0 spiro atoms. The van der Waals surface area contributed by atoms with Gasteiger partial charge in [-0.25, -0.2) is 0 Å². The van der Waals surface area contributed by atoms with Gasteiger partial charge < -0.3 is 4.90 Å². The van der Waals surface area contributed by atoms with E-state index in [0.29, 0.717) is 12.1 Å². The molecular weight excluding hydrogens is 194 g/mol. The topological polar surface area (TPSA) is 3.24 Å². The molecule has 88 valence electrons. The molecule has 0 N–H and O–H groups in total. The monoisotopic (exact) mass is 217 g/mol. The second kappa shape index (κ2) is 6.37. The largest absolute Gasteiger partial charge is 0.362 e. The van der Waals surface area contributed by atoms with Gasteiger partial charge in [0, 0.05) is 17.8 Å². The Morgan fingerprint density at radius 1 is 1.19 bits per heavy atom. The van der Waals surface area contributed by atoms with Crippen LogP contribution in [0.4, 0.5) is 5.69 Å². The van der Waals surface area contributed by atoms with Crippen molar-refractivity contribution in [3.8, 4) is 0 Å². The lowest BCUT2D eigenvalue weighted by atomic mass is 10.1. The number of hydrogen-bond acceptors (Lipinski definition) is 1. The van der Waals surface area contributed by atoms with Gasteiger partial charge in [0.1, 0.15) is 0 Å². The van der Waals surface area contributed by atoms with Crippen LogP contribution in [0.2, 0.25) is 0 Å². The first-order valence-electron chi connectivity index (χ1n) is 6.20. The molecule has 16 heavy (non-hydrogen) atoms. The molecule has 0 aliphatic heterocycles. The molecule has 0 heterocycles. The van der Waals surface area contributed by atoms with E-state index >= 15 is 0 Å². The van der Waals surface area contributed by atoms with Gasteiger partial charge in [0.2, 0.25) is 0 Å². The second-order valence-corrected chi connectivity index (χ2v) is 4.21. The average Bonchev–Trinajstić information content (AvgIpc) is 2.36. The number of nitrogens with zero attached hydrogens (tertiary/aromatic N) is 1. The minimum absolute atomic E-state index is 0.428. The van der Waals surface area contributed by atoms with Crippen molar-refractivity contribution in [1.29, 1.82) is 0 Å². The molecule has 0 bridgehead atoms. The van der Waals surface area contributed by atoms with Crippen LogP contribution < -0.4 is 4.90 Å². The number of hydrogen-bond donors (Lipinski definition) is 0. The lowest BCUT2D eigenvalue weighted by molar-refractivity contribution is 0.556. The van der Waals surface area contributed by atoms with Crippen LogP contribution in [-0.4, -0.2) is 12.1 Å². The third-order valence-corrected chi connectivity index (χ3v) is 3.17. The molecule has 1 aromatic rings. The molecule has 0 amide bonds. The van der Waals surface area contributed by atoms with Gasteiger partial charge in [0.05, 0.1) is 0 Å². The summed E-state index contributed by atoms with van der Waals surface area (Å²) in [5.41, 5.74) is 1.30. The number of benzene rings is 1. The van der Waals surface area contributed by atoms with E-state index in [1.54, 1.807) is 0 Å². The first-order valence-corrected chi connectivity index (χ1v) is 6.20. The predicted octanol–water partition coefficient (Wildman–Crippen LogP) is 4.26. The van der Waals surface area contributed by atoms with E-state index in [-0.39, 0.29) is 0 Å². The summed E-state index contributed by atoms with van der Waals surface area (Å²) in [6.07, 6.45) is 4.31. The molecule has 1 nitrogen and oxygen atoms in total. The summed E-state index contributed by atoms with van der Waals surface area (Å²) in [4.78, 5) is 2.47. The van der Waals surface area contributed by atoms with E-state index in [4.69, 9.17) is 0 Å². The molecule has 0 saturated carbocycles. The second-order valence-electron chi connectivity index (χ2n) is 4.21. The minimum atomic E-state index is 0.428. The standard InChI is InChI=1S/C15H23N/c1-5-13(4)16(14(6-2)7-3)15-11-9-8-10-12-15/h6,8-14H,2,5,7H2,1,3-4H3. The van der Waals surface area contributed by atoms with Gasteiger partial charge in [-0.2, -0.15) is 0 Å². The van der Waals surface area contributed by atoms with Gasteiger partial charge in [-0.05, 0) is 31.9 Å². The SMILES string of the molecule is C=CC(CC)N(c1ccccc1)C(C)CC. The molecule has 2 atom stereocenters. The Labute approximate surface area is 99.8 Å². The molecule has 1 rings (SSSR count). The van der Waals surface area contributed by atoms with Crippen LogP contribution in [-0.2, 0) is 0 Å². The molecule has 1 aromatic carbocycles. The number of para-hydroxylation sites is 1. The van der Waals surface area contributed by atoms with Gasteiger partial charge in [-0.1, -0.05) is 38.1 Å². The fourth-order valence-corrected chi connectivity index (χ4v) is 2.05. The quantitative estimate of drug-likeness (QED) is 0.644. The van der Waals surface area contributed by atoms with Crippen LogP contribution in [0.25, 0.3) is 0 Å². The zero-order valence-electron chi connectivity index (χ0n) is 10.7. The van der Waals surface area contributed by atoms with Gasteiger partial charge in [-0.15, -0.1) is 6.58 Å². The normalized spacial score (nSPS) is 14.2. The molecule has 0 aliphatic rings. The van der Waals surface area contributed by atoms with Crippen molar-refractivity contribution in [2.75, 3.05) is 4.90 Å². The highest BCUT2D eigenvalue weighted by Crippen LogP contribution is 2.23. The van der Waals surface area contributed by atoms with Gasteiger partial charge in [-0.3, -0.25) is 0 Å². The summed E-state index contributed by atoms with van der Waals surface area (Å²) >= 11 is 0. The molecular formula is C15H23N. The van der Waals surface area contributed by atoms with E-state index in [1.165, 1.54) is 5.69 Å². The number of rotatable bonds is 6. The van der Waals surface area contributed by atoms with Crippen molar-refractivity contribution in [3.63, 3.8) is 0 Å². The smallest absolute Gasteiger partial charge is 0.0470 e. The minimum Gasteiger partial charge on any atom is -0.362 e. The van der Waals surface area contributed by atoms with Crippen LogP contribution in [0, 0.1) is 0 Å². The third-order valence-electron chi connectivity index (χ3n) is 3.17. The highest BCUT2D eigenvalue weighted by molar-refractivity contribution is 5.49. The molecule has 1 heteroatoms. The van der Waals surface area contributed by atoms with Gasteiger partial charge in [0.15, 0.2) is 0 Å². The zero-order valence-corrected chi connectivity index (χ0v) is 10.7. The Morgan fingerprint density at radius 3 is 2.25 bits per heavy atom. The van der Waals surface area contributed by atoms with Gasteiger partial charge >= 0.3 is 0 Å². The Kier molecular flexibility index (Phi) is 5.10. The van der Waals surface area contributed by atoms with Gasteiger partial charge in [0.25, 0.3) is 0 Å². The Morgan fingerprint density at radius 2 is 1.81 bits per heavy atom. The summed E-state index contributed by atoms with van der Waals surface area (Å²) in [5, 5.41) is 0. The van der Waals surface area contributed by atoms with Crippen LogP contribution in [0.5, 0.6) is 0 Å². The van der Waals surface area contributed by atoms with E-state index in [2.05, 4.69) is 68.7 Å². The van der Waals surface area contributed by atoms with Crippen LogP contribution in [0.1, 0.15) is 33.6 Å². The molecule has 0 aliphatic carbocycles. The van der Waals surface area contributed by atoms with E-state index in [1.807, 2.05) is 0 Å². The van der Waals surface area contributed by atoms with E-state index in [0.717, 1.165) is 12.8 Å². The zero-order chi connectivity index (χ0) is 12.0. The lowest BCUT2D eigenvalue weighted by Gasteiger charge is -2.36. The highest BCUT2D eigenvalue weighted by atomic mass is 15.2. The van der Waals surface area contributed by atoms with Crippen molar-refractivity contribution in [1.82, 2.24) is 0 Å². The summed E-state index contributed by atoms with van der Waals surface area (Å²) in [6.45, 7) is 10.7. The van der Waals surface area contributed by atoms with Crippen LogP contribution in [0.3, 0.4) is 0 Å². The molecule has 0 saturated heterocycles. The Hall–Kier alpha value is -1.24. The fourth-order valence-electron chi connectivity index (χ4n) is 2.05. The molecule has 0 radical (unpaired) electrons. The van der Waals surface area contributed by atoms with E-state index < -0.39 is 0 Å². The maximum atomic E-state index is 3.95. The Bertz CT molecular complexity index is 304. The van der Waals surface area contributed by atoms with Crippen molar-refractivity contribution < 1.29 is 0 Å². The van der Waals surface area contributed by atoms with Crippen molar-refractivity contribution in [2.24, 2.45) is 0 Å². The first kappa shape index (κ1) is 12.8. The van der Waals surface area contributed by atoms with Crippen molar-refractivity contribution >= 4 is 5.69 Å². The number of anilines is 1. The molecule has 0 fully saturated rings. The first-order chi connectivity index (χ1) is 7.74. The maximum absolute atomic E-state index is 3.95. The highest BCUT2D eigenvalue weighted by Gasteiger charge is 2.18. The molecule has 2 unspecified atom stereocenters. The lowest BCUT2D eigenvalue weighted by Crippen LogP contribution is -2.40. The van der Waals surface area contributed by atoms with Crippen molar-refractivity contribution in [3.05, 3.63) is 43.0 Å². The average molecular weight is 217 g/mol. The summed E-state index contributed by atoms with van der Waals surface area (Å²) in [7, 11) is 0. The van der Waals surface area contributed by atoms with Crippen molar-refractivity contribution in [2.45, 2.75) is 45.7 Å². The third kappa shape index (κ3) is 2.88.